The van der Waals surface area contributed by atoms with Crippen molar-refractivity contribution in [1.29, 1.82) is 0 Å². The molecule has 1 amide bonds. The van der Waals surface area contributed by atoms with E-state index in [0.717, 1.165) is 5.69 Å². The van der Waals surface area contributed by atoms with E-state index in [-0.39, 0.29) is 8.78 Å². The van der Waals surface area contributed by atoms with Gasteiger partial charge in [-0.1, -0.05) is 0 Å². The predicted octanol–water partition coefficient (Wildman–Crippen LogP) is 2.81. The lowest BCUT2D eigenvalue weighted by Gasteiger charge is -2.41. The Morgan fingerprint density at radius 3 is 2.36 bits per heavy atom. The van der Waals surface area contributed by atoms with Crippen LogP contribution in [0, 0.1) is 0 Å². The van der Waals surface area contributed by atoms with Gasteiger partial charge in [-0.25, -0.2) is 18.9 Å². The number of hydrogen-bond donors (Lipinski definition) is 2. The predicted molar refractivity (Wildman–Crippen MR) is 124 cm³/mol. The summed E-state index contributed by atoms with van der Waals surface area (Å²) in [5.74, 6) is 0.976. The smallest absolute Gasteiger partial charge is 0.304 e. The zero-order valence-electron chi connectivity index (χ0n) is 18.2. The van der Waals surface area contributed by atoms with E-state index in [0.29, 0.717) is 23.7 Å². The van der Waals surface area contributed by atoms with Crippen LogP contribution in [0.25, 0.3) is 5.69 Å². The summed E-state index contributed by atoms with van der Waals surface area (Å²) >= 11 is 1.47. The van der Waals surface area contributed by atoms with Crippen LogP contribution < -0.4 is 10.2 Å². The molecule has 11 heteroatoms. The fourth-order valence-corrected chi connectivity index (χ4v) is 7.51. The normalized spacial score (nSPS) is 20.2. The molecule has 2 N–H and O–H groups in total. The topological polar surface area (TPSA) is 111 Å². The number of amides is 1. The Morgan fingerprint density at radius 2 is 1.79 bits per heavy atom. The number of ether oxygens (including phenoxy) is 1. The van der Waals surface area contributed by atoms with Crippen LogP contribution in [0.3, 0.4) is 0 Å². The first-order valence-corrected chi connectivity index (χ1v) is 12.7. The van der Waals surface area contributed by atoms with Crippen molar-refractivity contribution in [2.24, 2.45) is 0 Å². The van der Waals surface area contributed by atoms with Gasteiger partial charge in [0, 0.05) is 18.1 Å². The number of carbonyl (C=O) groups is 1. The lowest BCUT2D eigenvalue weighted by Crippen LogP contribution is -2.61. The second kappa shape index (κ2) is 9.18. The molecule has 1 fully saturated rings. The minimum Gasteiger partial charge on any atom is -0.457 e. The van der Waals surface area contributed by atoms with Crippen LogP contribution in [0.1, 0.15) is 6.42 Å². The standard InChI is InChI=1S/C22H24N4O5S2/c1-26(2)21(22(27)24-28)20(11-14-32-26)33(29,30)19-9-7-18(8-10-19)31-17-5-3-16(4-6-17)25-13-12-23-15-25/h3-10,12-13,15,20-21H,11,14H2,1-2H3,(H-,24,27,28)/p+1/t20?,21-/m1/s1. The SMILES string of the molecule is C[N+]1(C)SCCC(S(=O)(=O)c2ccc(Oc3ccc(-n4ccnc4)cc3)cc2)[C@@H]1C(=O)NO. The van der Waals surface area contributed by atoms with Crippen molar-refractivity contribution in [2.45, 2.75) is 22.6 Å². The van der Waals surface area contributed by atoms with Gasteiger partial charge in [0.05, 0.1) is 43.0 Å². The largest absolute Gasteiger partial charge is 0.457 e. The molecule has 2 atom stereocenters. The molecule has 0 radical (unpaired) electrons. The first-order valence-electron chi connectivity index (χ1n) is 10.2. The summed E-state index contributed by atoms with van der Waals surface area (Å²) in [6.07, 6.45) is 5.56. The quantitative estimate of drug-likeness (QED) is 0.237. The molecule has 174 valence electrons. The van der Waals surface area contributed by atoms with E-state index in [1.54, 1.807) is 44.2 Å². The third kappa shape index (κ3) is 4.76. The number of nitrogens with one attached hydrogen (secondary N) is 1. The van der Waals surface area contributed by atoms with Gasteiger partial charge in [-0.3, -0.25) is 13.9 Å². The molecule has 3 aromatic rings. The number of hydroxylamine groups is 1. The molecule has 4 rings (SSSR count). The number of imidazole rings is 1. The molecule has 2 heterocycles. The highest BCUT2D eigenvalue weighted by atomic mass is 32.2. The molecule has 0 aliphatic carbocycles. The molecular weight excluding hydrogens is 464 g/mol. The van der Waals surface area contributed by atoms with E-state index < -0.39 is 27.0 Å². The Morgan fingerprint density at radius 1 is 1.15 bits per heavy atom. The Hall–Kier alpha value is -2.86. The van der Waals surface area contributed by atoms with Gasteiger partial charge in [-0.2, -0.15) is 0 Å². The number of aromatic nitrogens is 2. The number of carbonyl (C=O) groups excluding carboxylic acids is 1. The number of sulfone groups is 1. The Labute approximate surface area is 196 Å². The maximum absolute atomic E-state index is 13.4. The van der Waals surface area contributed by atoms with Crippen LogP contribution >= 0.6 is 11.9 Å². The molecule has 1 unspecified atom stereocenters. The summed E-state index contributed by atoms with van der Waals surface area (Å²) in [5, 5.41) is 8.23. The van der Waals surface area contributed by atoms with E-state index in [1.165, 1.54) is 24.1 Å². The van der Waals surface area contributed by atoms with Crippen LogP contribution in [0.4, 0.5) is 0 Å². The maximum Gasteiger partial charge on any atom is 0.304 e. The van der Waals surface area contributed by atoms with Crippen LogP contribution in [0.5, 0.6) is 11.5 Å². The van der Waals surface area contributed by atoms with Crippen molar-refractivity contribution in [2.75, 3.05) is 19.8 Å². The van der Waals surface area contributed by atoms with E-state index in [4.69, 9.17) is 4.74 Å². The van der Waals surface area contributed by atoms with Gasteiger partial charge in [-0.15, -0.1) is 0 Å². The van der Waals surface area contributed by atoms with Gasteiger partial charge in [-0.05, 0) is 55.0 Å². The van der Waals surface area contributed by atoms with Crippen LogP contribution in [0.15, 0.2) is 72.1 Å². The van der Waals surface area contributed by atoms with Crippen molar-refractivity contribution in [3.8, 4) is 17.2 Å². The summed E-state index contributed by atoms with van der Waals surface area (Å²) in [7, 11) is -0.293. The monoisotopic (exact) mass is 489 g/mol. The zero-order valence-corrected chi connectivity index (χ0v) is 19.8. The molecule has 1 aromatic heterocycles. The first-order chi connectivity index (χ1) is 15.7. The number of quaternary nitrogens is 1. The molecule has 1 aliphatic heterocycles. The molecule has 1 saturated heterocycles. The van der Waals surface area contributed by atoms with Crippen molar-refractivity contribution in [3.63, 3.8) is 0 Å². The average molecular weight is 490 g/mol. The second-order valence-electron chi connectivity index (χ2n) is 8.10. The molecule has 0 saturated carbocycles. The van der Waals surface area contributed by atoms with Gasteiger partial charge >= 0.3 is 5.91 Å². The molecule has 1 aliphatic rings. The third-order valence-corrected chi connectivity index (χ3v) is 9.18. The maximum atomic E-state index is 13.4. The van der Waals surface area contributed by atoms with Gasteiger partial charge in [0.25, 0.3) is 0 Å². The minimum absolute atomic E-state index is 0.104. The summed E-state index contributed by atoms with van der Waals surface area (Å²) in [5.41, 5.74) is 2.58. The molecule has 9 nitrogen and oxygen atoms in total. The molecule has 2 aromatic carbocycles. The van der Waals surface area contributed by atoms with Gasteiger partial charge in [0.15, 0.2) is 15.9 Å². The molecular formula is C22H25N4O5S2+. The van der Waals surface area contributed by atoms with E-state index >= 15 is 0 Å². The van der Waals surface area contributed by atoms with E-state index in [9.17, 15) is 18.4 Å². The number of benzene rings is 2. The summed E-state index contributed by atoms with van der Waals surface area (Å²) in [4.78, 5) is 16.5. The van der Waals surface area contributed by atoms with Gasteiger partial charge < -0.3 is 9.30 Å². The Kier molecular flexibility index (Phi) is 6.48. The van der Waals surface area contributed by atoms with Crippen molar-refractivity contribution in [1.82, 2.24) is 15.0 Å². The van der Waals surface area contributed by atoms with Gasteiger partial charge in [0.1, 0.15) is 16.7 Å². The van der Waals surface area contributed by atoms with Crippen LogP contribution in [-0.4, -0.2) is 64.1 Å². The van der Waals surface area contributed by atoms with Crippen molar-refractivity contribution >= 4 is 27.7 Å². The number of likely N-dealkylation sites (N-methyl/N-ethyl adjacent to an activating group) is 1. The minimum atomic E-state index is -3.82. The van der Waals surface area contributed by atoms with Crippen LogP contribution in [-0.2, 0) is 14.6 Å². The van der Waals surface area contributed by atoms with Crippen LogP contribution in [0.2, 0.25) is 0 Å². The molecule has 33 heavy (non-hydrogen) atoms. The average Bonchev–Trinajstić information content (AvgIpc) is 3.34. The van der Waals surface area contributed by atoms with Crippen molar-refractivity contribution in [3.05, 3.63) is 67.3 Å². The van der Waals surface area contributed by atoms with E-state index in [1.807, 2.05) is 35.0 Å². The summed E-state index contributed by atoms with van der Waals surface area (Å²) in [6.45, 7) is 0. The fourth-order valence-electron chi connectivity index (χ4n) is 3.99. The number of rotatable bonds is 6. The Balaban J connectivity index is 1.52. The van der Waals surface area contributed by atoms with E-state index in [2.05, 4.69) is 4.98 Å². The molecule has 0 spiro atoms. The Bertz CT molecular complexity index is 1210. The fraction of sp³-hybridized carbons (Fsp3) is 0.273. The highest BCUT2D eigenvalue weighted by Crippen LogP contribution is 2.37. The van der Waals surface area contributed by atoms with Crippen molar-refractivity contribution < 1.29 is 27.0 Å². The lowest BCUT2D eigenvalue weighted by atomic mass is 10.1. The number of nitrogens with zero attached hydrogens (tertiary/aromatic N) is 3. The lowest BCUT2D eigenvalue weighted by molar-refractivity contribution is -0.771. The third-order valence-electron chi connectivity index (χ3n) is 5.65. The molecule has 0 bridgehead atoms. The number of hydrogen-bond acceptors (Lipinski definition) is 7. The first kappa shape index (κ1) is 23.3. The highest BCUT2D eigenvalue weighted by Gasteiger charge is 2.52. The highest BCUT2D eigenvalue weighted by molar-refractivity contribution is 7.94. The van der Waals surface area contributed by atoms with Gasteiger partial charge in [0.2, 0.25) is 0 Å². The summed E-state index contributed by atoms with van der Waals surface area (Å²) < 4.78 is 34.6. The second-order valence-corrected chi connectivity index (χ2v) is 11.9. The zero-order chi connectivity index (χ0) is 23.6. The summed E-state index contributed by atoms with van der Waals surface area (Å²) in [6, 6.07) is 12.6.